The van der Waals surface area contributed by atoms with Gasteiger partial charge in [-0.05, 0) is 41.5 Å². The highest BCUT2D eigenvalue weighted by molar-refractivity contribution is 8.16. The minimum atomic E-state index is -0.421. The number of nitrogens with one attached hydrogen (secondary N) is 1. The summed E-state index contributed by atoms with van der Waals surface area (Å²) < 4.78 is 5.08. The molecule has 33 heavy (non-hydrogen) atoms. The number of nitrogens with zero attached hydrogens (tertiary/aromatic N) is 2. The van der Waals surface area contributed by atoms with Crippen LogP contribution < -0.4 is 5.32 Å². The van der Waals surface area contributed by atoms with Crippen molar-refractivity contribution in [1.29, 1.82) is 0 Å². The van der Waals surface area contributed by atoms with Gasteiger partial charge in [-0.2, -0.15) is 0 Å². The van der Waals surface area contributed by atoms with E-state index in [1.54, 1.807) is 0 Å². The Morgan fingerprint density at radius 3 is 2.45 bits per heavy atom. The predicted molar refractivity (Wildman–Crippen MR) is 133 cm³/mol. The smallest absolute Gasteiger partial charge is 0.338 e. The maximum absolute atomic E-state index is 12.9. The van der Waals surface area contributed by atoms with Crippen LogP contribution in [0.1, 0.15) is 50.3 Å². The average molecular weight is 462 g/mol. The molecular formula is C26H27N3O3S. The molecule has 0 aromatic heterocycles. The quantitative estimate of drug-likeness (QED) is 0.568. The number of anilines is 1. The number of ether oxygens (including phenoxy) is 1. The van der Waals surface area contributed by atoms with Gasteiger partial charge in [-0.1, -0.05) is 68.1 Å². The molecule has 2 aromatic rings. The van der Waals surface area contributed by atoms with Gasteiger partial charge in [0.05, 0.1) is 30.8 Å². The maximum Gasteiger partial charge on any atom is 0.338 e. The number of amidine groups is 1. The molecule has 0 bridgehead atoms. The van der Waals surface area contributed by atoms with Gasteiger partial charge in [0, 0.05) is 11.4 Å². The Kier molecular flexibility index (Phi) is 6.70. The Morgan fingerprint density at radius 2 is 1.82 bits per heavy atom. The number of thioether (sulfide) groups is 1. The molecule has 0 aliphatic carbocycles. The lowest BCUT2D eigenvalue weighted by molar-refractivity contribution is -0.136. The number of allylic oxidation sites excluding steroid dienone is 1. The molecule has 2 aromatic carbocycles. The van der Waals surface area contributed by atoms with Gasteiger partial charge in [0.1, 0.15) is 0 Å². The van der Waals surface area contributed by atoms with E-state index in [-0.39, 0.29) is 12.3 Å². The monoisotopic (exact) mass is 461 g/mol. The van der Waals surface area contributed by atoms with Gasteiger partial charge in [0.2, 0.25) is 5.91 Å². The molecule has 6 nitrogen and oxygen atoms in total. The lowest BCUT2D eigenvalue weighted by Gasteiger charge is -2.36. The first-order valence-electron chi connectivity index (χ1n) is 10.9. The summed E-state index contributed by atoms with van der Waals surface area (Å²) in [6, 6.07) is 17.2. The molecule has 0 saturated heterocycles. The maximum atomic E-state index is 12.9. The van der Waals surface area contributed by atoms with Gasteiger partial charge in [-0.3, -0.25) is 4.79 Å². The number of fused-ring (bicyclic) bond motifs is 1. The topological polar surface area (TPSA) is 71.0 Å². The van der Waals surface area contributed by atoms with E-state index in [0.29, 0.717) is 17.2 Å². The van der Waals surface area contributed by atoms with E-state index in [2.05, 4.69) is 24.2 Å². The summed E-state index contributed by atoms with van der Waals surface area (Å²) >= 11 is 1.46. The summed E-state index contributed by atoms with van der Waals surface area (Å²) in [6.07, 6.45) is 0.161. The van der Waals surface area contributed by atoms with Crippen LogP contribution in [0, 0.1) is 0 Å². The van der Waals surface area contributed by atoms with Crippen molar-refractivity contribution in [1.82, 2.24) is 4.90 Å². The second-order valence-corrected chi connectivity index (χ2v) is 9.13. The van der Waals surface area contributed by atoms with E-state index < -0.39 is 12.0 Å². The Morgan fingerprint density at radius 1 is 1.12 bits per heavy atom. The van der Waals surface area contributed by atoms with Crippen LogP contribution in [0.25, 0.3) is 0 Å². The number of benzene rings is 2. The predicted octanol–water partition coefficient (Wildman–Crippen LogP) is 5.59. The number of methoxy groups -OCH3 is 1. The van der Waals surface area contributed by atoms with Gasteiger partial charge in [-0.15, -0.1) is 0 Å². The van der Waals surface area contributed by atoms with Crippen LogP contribution >= 0.6 is 11.8 Å². The molecule has 0 radical (unpaired) electrons. The molecule has 1 N–H and O–H groups in total. The van der Waals surface area contributed by atoms with Crippen molar-refractivity contribution in [2.45, 2.75) is 39.2 Å². The molecule has 2 heterocycles. The second-order valence-electron chi connectivity index (χ2n) is 8.30. The molecule has 0 fully saturated rings. The van der Waals surface area contributed by atoms with Crippen molar-refractivity contribution >= 4 is 34.5 Å². The Labute approximate surface area is 198 Å². The molecule has 2 aliphatic rings. The number of carbonyl (C=O) groups is 2. The van der Waals surface area contributed by atoms with Crippen molar-refractivity contribution in [2.75, 3.05) is 12.4 Å². The first-order chi connectivity index (χ1) is 15.9. The number of rotatable bonds is 6. The highest BCUT2D eigenvalue weighted by Gasteiger charge is 2.40. The summed E-state index contributed by atoms with van der Waals surface area (Å²) in [5.74, 6) is -0.115. The molecule has 0 spiro atoms. The second kappa shape index (κ2) is 9.67. The number of hydrogen-bond acceptors (Lipinski definition) is 6. The van der Waals surface area contributed by atoms with Crippen molar-refractivity contribution in [3.8, 4) is 0 Å². The molecule has 0 saturated carbocycles. The average Bonchev–Trinajstić information content (AvgIpc) is 3.20. The lowest BCUT2D eigenvalue weighted by Crippen LogP contribution is -2.37. The minimum Gasteiger partial charge on any atom is -0.466 e. The van der Waals surface area contributed by atoms with Crippen LogP contribution in [-0.2, 0) is 14.3 Å². The van der Waals surface area contributed by atoms with E-state index in [9.17, 15) is 9.59 Å². The van der Waals surface area contributed by atoms with E-state index >= 15 is 0 Å². The van der Waals surface area contributed by atoms with Crippen molar-refractivity contribution in [3.05, 3.63) is 88.1 Å². The fourth-order valence-electron chi connectivity index (χ4n) is 4.01. The van der Waals surface area contributed by atoms with Gasteiger partial charge in [-0.25, -0.2) is 9.79 Å². The normalized spacial score (nSPS) is 17.5. The van der Waals surface area contributed by atoms with Crippen molar-refractivity contribution in [3.63, 3.8) is 0 Å². The third-order valence-electron chi connectivity index (χ3n) is 5.72. The van der Waals surface area contributed by atoms with Gasteiger partial charge >= 0.3 is 5.97 Å². The molecule has 2 aliphatic heterocycles. The molecule has 170 valence electrons. The zero-order valence-electron chi connectivity index (χ0n) is 19.2. The number of hydrogen-bond donors (Lipinski definition) is 1. The SMILES string of the molecule is COC(=O)C1=C(C)N=C2SC=C(CC(=O)Nc3ccc(C(C)C)cc3)N2C1c1ccccc1. The van der Waals surface area contributed by atoms with Crippen molar-refractivity contribution < 1.29 is 14.3 Å². The molecule has 1 amide bonds. The van der Waals surface area contributed by atoms with E-state index in [1.807, 2.05) is 71.8 Å². The van der Waals surface area contributed by atoms with Gasteiger partial charge < -0.3 is 15.0 Å². The molecule has 1 unspecified atom stereocenters. The third kappa shape index (κ3) is 4.73. The van der Waals surface area contributed by atoms with E-state index in [0.717, 1.165) is 22.1 Å². The first-order valence-corrected chi connectivity index (χ1v) is 11.7. The van der Waals surface area contributed by atoms with Crippen LogP contribution in [0.15, 0.2) is 82.0 Å². The zero-order valence-corrected chi connectivity index (χ0v) is 20.0. The largest absolute Gasteiger partial charge is 0.466 e. The van der Waals surface area contributed by atoms with Crippen LogP contribution in [-0.4, -0.2) is 29.1 Å². The number of amides is 1. The molecule has 4 rings (SSSR count). The molecular weight excluding hydrogens is 434 g/mol. The Hall–Kier alpha value is -3.32. The third-order valence-corrected chi connectivity index (χ3v) is 6.61. The van der Waals surface area contributed by atoms with Gasteiger partial charge in [0.25, 0.3) is 0 Å². The summed E-state index contributed by atoms with van der Waals surface area (Å²) in [5, 5.41) is 5.66. The van der Waals surface area contributed by atoms with Crippen molar-refractivity contribution in [2.24, 2.45) is 4.99 Å². The lowest BCUT2D eigenvalue weighted by atomic mass is 9.94. The fourth-order valence-corrected chi connectivity index (χ4v) is 4.98. The molecule has 7 heteroatoms. The van der Waals surface area contributed by atoms with E-state index in [4.69, 9.17) is 4.74 Å². The number of carbonyl (C=O) groups excluding carboxylic acids is 2. The fraction of sp³-hybridized carbons (Fsp3) is 0.269. The highest BCUT2D eigenvalue weighted by atomic mass is 32.2. The Balaban J connectivity index is 1.59. The first kappa shape index (κ1) is 22.9. The summed E-state index contributed by atoms with van der Waals surface area (Å²) in [7, 11) is 1.37. The minimum absolute atomic E-state index is 0.127. The summed E-state index contributed by atoms with van der Waals surface area (Å²) in [6.45, 7) is 6.09. The molecule has 1 atom stereocenters. The highest BCUT2D eigenvalue weighted by Crippen LogP contribution is 2.44. The van der Waals surface area contributed by atoms with Crippen LogP contribution in [0.4, 0.5) is 5.69 Å². The van der Waals surface area contributed by atoms with E-state index in [1.165, 1.54) is 24.4 Å². The van der Waals surface area contributed by atoms with Crippen LogP contribution in [0.3, 0.4) is 0 Å². The van der Waals surface area contributed by atoms with Crippen LogP contribution in [0.5, 0.6) is 0 Å². The standard InChI is InChI=1S/C26H27N3O3S/c1-16(2)18-10-12-20(13-11-18)28-22(30)14-21-15-33-26-27-17(3)23(25(31)32-4)24(29(21)26)19-8-6-5-7-9-19/h5-13,15-16,24H,14H2,1-4H3,(H,28,30). The summed E-state index contributed by atoms with van der Waals surface area (Å²) in [5.41, 5.74) is 4.80. The summed E-state index contributed by atoms with van der Waals surface area (Å²) in [4.78, 5) is 32.2. The van der Waals surface area contributed by atoms with Crippen LogP contribution in [0.2, 0.25) is 0 Å². The number of esters is 1. The number of aliphatic imine (C=N–C) groups is 1. The zero-order chi connectivity index (χ0) is 23.5. The van der Waals surface area contributed by atoms with Gasteiger partial charge in [0.15, 0.2) is 5.17 Å². The Bertz CT molecular complexity index is 1150.